The van der Waals surface area contributed by atoms with E-state index in [1.165, 1.54) is 0 Å². The third-order valence-corrected chi connectivity index (χ3v) is 3.71. The first-order valence-electron chi connectivity index (χ1n) is 6.76. The summed E-state index contributed by atoms with van der Waals surface area (Å²) >= 11 is 0. The van der Waals surface area contributed by atoms with Crippen LogP contribution < -0.4 is 5.73 Å². The maximum Gasteiger partial charge on any atom is 0.228 e. The van der Waals surface area contributed by atoms with Gasteiger partial charge in [0.2, 0.25) is 5.91 Å². The van der Waals surface area contributed by atoms with Gasteiger partial charge in [-0.15, -0.1) is 0 Å². The molecule has 0 spiro atoms. The molecule has 0 aliphatic carbocycles. The Morgan fingerprint density at radius 2 is 2.11 bits per heavy atom. The van der Waals surface area contributed by atoms with E-state index in [1.54, 1.807) is 0 Å². The number of hydrogen-bond acceptors (Lipinski definition) is 5. The molecule has 7 nitrogen and oxygen atoms in total. The van der Waals surface area contributed by atoms with Gasteiger partial charge in [0.25, 0.3) is 0 Å². The van der Waals surface area contributed by atoms with Crippen molar-refractivity contribution in [3.8, 4) is 0 Å². The molecule has 0 aromatic rings. The van der Waals surface area contributed by atoms with Crippen molar-refractivity contribution in [3.05, 3.63) is 0 Å². The quantitative estimate of drug-likeness (QED) is 0.306. The van der Waals surface area contributed by atoms with Crippen molar-refractivity contribution >= 4 is 11.7 Å². The molecular weight excluding hydrogens is 248 g/mol. The number of hydrogen-bond donors (Lipinski definition) is 2. The van der Waals surface area contributed by atoms with Crippen LogP contribution in [0.2, 0.25) is 0 Å². The molecule has 2 heterocycles. The zero-order valence-electron chi connectivity index (χ0n) is 11.1. The van der Waals surface area contributed by atoms with Gasteiger partial charge in [0, 0.05) is 32.8 Å². The average molecular weight is 270 g/mol. The third-order valence-electron chi connectivity index (χ3n) is 3.71. The molecular formula is C12H22N4O3. The summed E-state index contributed by atoms with van der Waals surface area (Å²) in [6.07, 6.45) is 1.91. The van der Waals surface area contributed by atoms with Gasteiger partial charge in [-0.25, -0.2) is 0 Å². The molecule has 0 aromatic heterocycles. The van der Waals surface area contributed by atoms with Crippen LogP contribution in [0, 0.1) is 5.92 Å². The average Bonchev–Trinajstić information content (AvgIpc) is 2.48. The number of oxime groups is 1. The summed E-state index contributed by atoms with van der Waals surface area (Å²) in [7, 11) is 0. The molecule has 108 valence electrons. The Morgan fingerprint density at radius 1 is 1.37 bits per heavy atom. The summed E-state index contributed by atoms with van der Waals surface area (Å²) in [4.78, 5) is 16.3. The van der Waals surface area contributed by atoms with Crippen LogP contribution in [0.5, 0.6) is 0 Å². The molecule has 0 saturated carbocycles. The number of rotatable bonds is 3. The standard InChI is InChI=1S/C12H22N4O3/c13-11(14-18)8-15-3-5-16(6-4-15)12(17)10-2-1-7-19-9-10/h10,18H,1-9H2,(H2,13,14). The molecule has 0 radical (unpaired) electrons. The number of ether oxygens (including phenoxy) is 1. The van der Waals surface area contributed by atoms with Crippen LogP contribution in [0.4, 0.5) is 0 Å². The number of piperazine rings is 1. The van der Waals surface area contributed by atoms with Crippen molar-refractivity contribution in [2.75, 3.05) is 45.9 Å². The van der Waals surface area contributed by atoms with Gasteiger partial charge in [0.1, 0.15) is 0 Å². The van der Waals surface area contributed by atoms with Crippen LogP contribution in [0.25, 0.3) is 0 Å². The van der Waals surface area contributed by atoms with Gasteiger partial charge in [-0.3, -0.25) is 9.69 Å². The number of carbonyl (C=O) groups is 1. The van der Waals surface area contributed by atoms with Gasteiger partial charge in [0.15, 0.2) is 5.84 Å². The van der Waals surface area contributed by atoms with E-state index in [-0.39, 0.29) is 17.7 Å². The normalized spacial score (nSPS) is 26.4. The molecule has 2 rings (SSSR count). The Bertz CT molecular complexity index is 334. The lowest BCUT2D eigenvalue weighted by Crippen LogP contribution is -2.52. The van der Waals surface area contributed by atoms with E-state index < -0.39 is 0 Å². The molecule has 0 aromatic carbocycles. The molecule has 1 amide bonds. The highest BCUT2D eigenvalue weighted by Gasteiger charge is 2.28. The van der Waals surface area contributed by atoms with Crippen LogP contribution in [0.15, 0.2) is 5.16 Å². The summed E-state index contributed by atoms with van der Waals surface area (Å²) in [5.74, 6) is 0.452. The van der Waals surface area contributed by atoms with Gasteiger partial charge in [-0.05, 0) is 12.8 Å². The van der Waals surface area contributed by atoms with E-state index in [0.29, 0.717) is 26.2 Å². The second-order valence-corrected chi connectivity index (χ2v) is 5.11. The van der Waals surface area contributed by atoms with Crippen LogP contribution in [-0.2, 0) is 9.53 Å². The molecule has 19 heavy (non-hydrogen) atoms. The molecule has 2 aliphatic rings. The predicted molar refractivity (Wildman–Crippen MR) is 70.0 cm³/mol. The van der Waals surface area contributed by atoms with E-state index in [4.69, 9.17) is 15.7 Å². The lowest BCUT2D eigenvalue weighted by atomic mass is 10.0. The summed E-state index contributed by atoms with van der Waals surface area (Å²) < 4.78 is 5.36. The minimum atomic E-state index is 0.0318. The highest BCUT2D eigenvalue weighted by Crippen LogP contribution is 2.17. The summed E-state index contributed by atoms with van der Waals surface area (Å²) in [5, 5.41) is 11.5. The molecule has 1 unspecified atom stereocenters. The first-order chi connectivity index (χ1) is 9.20. The smallest absolute Gasteiger partial charge is 0.228 e. The van der Waals surface area contributed by atoms with Crippen LogP contribution in [0.1, 0.15) is 12.8 Å². The fourth-order valence-electron chi connectivity index (χ4n) is 2.58. The zero-order chi connectivity index (χ0) is 13.7. The highest BCUT2D eigenvalue weighted by atomic mass is 16.5. The Hall–Kier alpha value is -1.34. The van der Waals surface area contributed by atoms with Gasteiger partial charge in [-0.2, -0.15) is 0 Å². The van der Waals surface area contributed by atoms with E-state index in [0.717, 1.165) is 32.5 Å². The van der Waals surface area contributed by atoms with Crippen LogP contribution >= 0.6 is 0 Å². The SMILES string of the molecule is NC(CN1CCN(C(=O)C2CCCOC2)CC1)=NO. The van der Waals surface area contributed by atoms with Crippen molar-refractivity contribution in [1.82, 2.24) is 9.80 Å². The molecule has 3 N–H and O–H groups in total. The number of amides is 1. The molecule has 2 aliphatic heterocycles. The third kappa shape index (κ3) is 3.81. The topological polar surface area (TPSA) is 91.4 Å². The van der Waals surface area contributed by atoms with Crippen LogP contribution in [0.3, 0.4) is 0 Å². The van der Waals surface area contributed by atoms with E-state index in [2.05, 4.69) is 10.1 Å². The fraction of sp³-hybridized carbons (Fsp3) is 0.833. The highest BCUT2D eigenvalue weighted by molar-refractivity contribution is 5.82. The van der Waals surface area contributed by atoms with Gasteiger partial charge < -0.3 is 20.6 Å². The first kappa shape index (κ1) is 14.1. The monoisotopic (exact) mass is 270 g/mol. The Kier molecular flexibility index (Phi) is 4.98. The van der Waals surface area contributed by atoms with E-state index in [9.17, 15) is 4.79 Å². The minimum absolute atomic E-state index is 0.0318. The number of carbonyl (C=O) groups excluding carboxylic acids is 1. The maximum atomic E-state index is 12.3. The Balaban J connectivity index is 1.77. The maximum absolute atomic E-state index is 12.3. The van der Waals surface area contributed by atoms with Gasteiger partial charge in [0.05, 0.1) is 19.1 Å². The zero-order valence-corrected chi connectivity index (χ0v) is 11.1. The molecule has 2 fully saturated rings. The minimum Gasteiger partial charge on any atom is -0.409 e. The largest absolute Gasteiger partial charge is 0.409 e. The second kappa shape index (κ2) is 6.72. The van der Waals surface area contributed by atoms with Gasteiger partial charge >= 0.3 is 0 Å². The van der Waals surface area contributed by atoms with Crippen molar-refractivity contribution in [1.29, 1.82) is 0 Å². The van der Waals surface area contributed by atoms with E-state index in [1.807, 2.05) is 4.90 Å². The molecule has 1 atom stereocenters. The summed E-state index contributed by atoms with van der Waals surface area (Å²) in [6.45, 7) is 4.71. The van der Waals surface area contributed by atoms with Crippen molar-refractivity contribution < 1.29 is 14.7 Å². The number of nitrogens with zero attached hydrogens (tertiary/aromatic N) is 3. The second-order valence-electron chi connectivity index (χ2n) is 5.11. The molecule has 7 heteroatoms. The lowest BCUT2D eigenvalue weighted by molar-refractivity contribution is -0.141. The first-order valence-corrected chi connectivity index (χ1v) is 6.76. The van der Waals surface area contributed by atoms with Crippen molar-refractivity contribution in [2.24, 2.45) is 16.8 Å². The molecule has 2 saturated heterocycles. The number of amidine groups is 1. The lowest BCUT2D eigenvalue weighted by Gasteiger charge is -2.36. The van der Waals surface area contributed by atoms with E-state index >= 15 is 0 Å². The fourth-order valence-corrected chi connectivity index (χ4v) is 2.58. The Labute approximate surface area is 113 Å². The summed E-state index contributed by atoms with van der Waals surface area (Å²) in [5.41, 5.74) is 5.48. The van der Waals surface area contributed by atoms with Crippen molar-refractivity contribution in [3.63, 3.8) is 0 Å². The van der Waals surface area contributed by atoms with Gasteiger partial charge in [-0.1, -0.05) is 5.16 Å². The van der Waals surface area contributed by atoms with Crippen molar-refractivity contribution in [2.45, 2.75) is 12.8 Å². The number of nitrogens with two attached hydrogens (primary N) is 1. The molecule has 0 bridgehead atoms. The Morgan fingerprint density at radius 3 is 2.68 bits per heavy atom. The van der Waals surface area contributed by atoms with Crippen LogP contribution in [-0.4, -0.2) is 72.7 Å². The summed E-state index contributed by atoms with van der Waals surface area (Å²) in [6, 6.07) is 0. The predicted octanol–water partition coefficient (Wildman–Crippen LogP) is -0.696.